The minimum Gasteiger partial charge on any atom is -0.483 e. The predicted molar refractivity (Wildman–Crippen MR) is 152 cm³/mol. The van der Waals surface area contributed by atoms with E-state index < -0.39 is 18.6 Å². The van der Waals surface area contributed by atoms with Crippen LogP contribution in [0.1, 0.15) is 18.9 Å². The number of halogens is 2. The molecule has 3 N–H and O–H groups in total. The summed E-state index contributed by atoms with van der Waals surface area (Å²) in [7, 11) is 0. The van der Waals surface area contributed by atoms with Crippen molar-refractivity contribution in [2.45, 2.75) is 37.5 Å². The first kappa shape index (κ1) is 28.0. The van der Waals surface area contributed by atoms with Crippen LogP contribution in [0.3, 0.4) is 0 Å². The van der Waals surface area contributed by atoms with E-state index in [2.05, 4.69) is 42.3 Å². The number of benzene rings is 1. The van der Waals surface area contributed by atoms with Crippen molar-refractivity contribution in [3.05, 3.63) is 58.6 Å². The van der Waals surface area contributed by atoms with Gasteiger partial charge in [-0.25, -0.2) is 18.7 Å². The summed E-state index contributed by atoms with van der Waals surface area (Å²) in [6.07, 6.45) is 0.190. The smallest absolute Gasteiger partial charge is 0.296 e. The zero-order valence-corrected chi connectivity index (χ0v) is 23.1. The predicted octanol–water partition coefficient (Wildman–Crippen LogP) is 2.73. The minimum atomic E-state index is -3.03. The largest absolute Gasteiger partial charge is 0.483 e. The Morgan fingerprint density at radius 2 is 2.05 bits per heavy atom. The maximum atomic E-state index is 14.2. The molecular weight excluding hydrogens is 546 g/mol. The molecule has 6 rings (SSSR count). The highest BCUT2D eigenvalue weighted by Gasteiger charge is 2.43. The van der Waals surface area contributed by atoms with Gasteiger partial charge in [-0.2, -0.15) is 5.26 Å². The number of anilines is 3. The number of pyridine rings is 1. The quantitative estimate of drug-likeness (QED) is 0.385. The molecule has 0 saturated carbocycles. The van der Waals surface area contributed by atoms with Crippen molar-refractivity contribution in [2.75, 3.05) is 56.2 Å². The number of ether oxygens (including phenoxy) is 2. The molecule has 42 heavy (non-hydrogen) atoms. The second-order valence-corrected chi connectivity index (χ2v) is 10.9. The number of aromatic amines is 1. The molecule has 0 amide bonds. The van der Waals surface area contributed by atoms with E-state index in [1.807, 2.05) is 12.1 Å². The SMILES string of the molecule is C[C@@H]1CN(C2COC2)CCN1c1ccc(Nc2cc(-c3ccc(OC4CCNCC4(F)F)c(C#N)c3)ncn2)[nH]c1=O. The van der Waals surface area contributed by atoms with E-state index in [1.165, 1.54) is 12.4 Å². The van der Waals surface area contributed by atoms with E-state index in [-0.39, 0.29) is 29.3 Å². The van der Waals surface area contributed by atoms with E-state index in [0.29, 0.717) is 41.2 Å². The molecular formula is C29H32F2N8O3. The van der Waals surface area contributed by atoms with Gasteiger partial charge in [-0.15, -0.1) is 0 Å². The Morgan fingerprint density at radius 3 is 2.76 bits per heavy atom. The van der Waals surface area contributed by atoms with Crippen LogP contribution in [-0.2, 0) is 4.74 Å². The Hall–Kier alpha value is -4.12. The first-order valence-corrected chi connectivity index (χ1v) is 14.0. The van der Waals surface area contributed by atoms with Crippen LogP contribution in [0.5, 0.6) is 5.75 Å². The zero-order chi connectivity index (χ0) is 29.3. The highest BCUT2D eigenvalue weighted by atomic mass is 19.3. The standard InChI is InChI=1S/C29H32F2N8O3/c1-18-13-38(21-14-41-15-21)8-9-39(18)23-3-5-26(37-28(23)40)36-27-11-22(34-17-35-27)19-2-4-24(20(10-19)12-32)42-25-6-7-33-16-29(25,30)31/h2-5,10-11,17-18,21,25,33H,6-9,13-16H2,1H3,(H2,34,35,36,37,40)/t18-,25?/m1/s1. The molecule has 3 aliphatic heterocycles. The third kappa shape index (κ3) is 5.78. The van der Waals surface area contributed by atoms with Crippen molar-refractivity contribution in [3.8, 4) is 23.1 Å². The van der Waals surface area contributed by atoms with Gasteiger partial charge in [-0.3, -0.25) is 9.69 Å². The number of piperazine rings is 1. The van der Waals surface area contributed by atoms with E-state index in [9.17, 15) is 18.8 Å². The highest BCUT2D eigenvalue weighted by Crippen LogP contribution is 2.32. The summed E-state index contributed by atoms with van der Waals surface area (Å²) < 4.78 is 39.4. The van der Waals surface area contributed by atoms with Crippen LogP contribution in [0.4, 0.5) is 26.1 Å². The molecule has 1 unspecified atom stereocenters. The molecule has 0 bridgehead atoms. The van der Waals surface area contributed by atoms with Crippen LogP contribution in [-0.4, -0.2) is 89.9 Å². The van der Waals surface area contributed by atoms with E-state index in [1.54, 1.807) is 24.3 Å². The molecule has 2 atom stereocenters. The molecule has 5 heterocycles. The summed E-state index contributed by atoms with van der Waals surface area (Å²) in [6, 6.07) is 12.7. The lowest BCUT2D eigenvalue weighted by molar-refractivity contribution is -0.109. The Labute approximate surface area is 241 Å². The fourth-order valence-corrected chi connectivity index (χ4v) is 5.59. The number of piperidine rings is 1. The van der Waals surface area contributed by atoms with Crippen molar-refractivity contribution in [2.24, 2.45) is 0 Å². The first-order valence-electron chi connectivity index (χ1n) is 14.0. The monoisotopic (exact) mass is 578 g/mol. The van der Waals surface area contributed by atoms with Gasteiger partial charge in [0.1, 0.15) is 35.5 Å². The Morgan fingerprint density at radius 1 is 1.19 bits per heavy atom. The first-order chi connectivity index (χ1) is 20.3. The molecule has 3 aliphatic rings. The molecule has 0 spiro atoms. The van der Waals surface area contributed by atoms with Gasteiger partial charge in [0.05, 0.1) is 37.1 Å². The summed E-state index contributed by atoms with van der Waals surface area (Å²) in [5, 5.41) is 15.5. The summed E-state index contributed by atoms with van der Waals surface area (Å²) in [4.78, 5) is 29.1. The highest BCUT2D eigenvalue weighted by molar-refractivity contribution is 5.67. The van der Waals surface area contributed by atoms with Crippen molar-refractivity contribution < 1.29 is 18.3 Å². The van der Waals surface area contributed by atoms with E-state index in [0.717, 1.165) is 32.8 Å². The topological polar surface area (TPSA) is 131 Å². The maximum absolute atomic E-state index is 14.2. The van der Waals surface area contributed by atoms with Gasteiger partial charge in [0.15, 0.2) is 6.10 Å². The summed E-state index contributed by atoms with van der Waals surface area (Å²) in [5.41, 5.74) is 1.65. The molecule has 3 aromatic rings. The number of nitrogens with zero attached hydrogens (tertiary/aromatic N) is 5. The van der Waals surface area contributed by atoms with Crippen LogP contribution >= 0.6 is 0 Å². The second-order valence-electron chi connectivity index (χ2n) is 10.9. The molecule has 0 aliphatic carbocycles. The van der Waals surface area contributed by atoms with Crippen LogP contribution in [0, 0.1) is 11.3 Å². The van der Waals surface area contributed by atoms with Crippen molar-refractivity contribution in [3.63, 3.8) is 0 Å². The number of hydrogen-bond acceptors (Lipinski definition) is 10. The number of H-pyrrole nitrogens is 1. The van der Waals surface area contributed by atoms with Gasteiger partial charge in [0, 0.05) is 43.7 Å². The van der Waals surface area contributed by atoms with Gasteiger partial charge < -0.3 is 30.0 Å². The molecule has 0 radical (unpaired) electrons. The van der Waals surface area contributed by atoms with Crippen molar-refractivity contribution in [1.29, 1.82) is 5.26 Å². The molecule has 3 saturated heterocycles. The van der Waals surface area contributed by atoms with Gasteiger partial charge in [0.25, 0.3) is 11.5 Å². The molecule has 220 valence electrons. The molecule has 2 aromatic heterocycles. The lowest BCUT2D eigenvalue weighted by Gasteiger charge is -2.46. The third-order valence-electron chi connectivity index (χ3n) is 8.00. The lowest BCUT2D eigenvalue weighted by atomic mass is 10.0. The van der Waals surface area contributed by atoms with Crippen LogP contribution < -0.4 is 25.8 Å². The van der Waals surface area contributed by atoms with Crippen LogP contribution in [0.2, 0.25) is 0 Å². The molecule has 13 heteroatoms. The number of alkyl halides is 2. The molecule has 11 nitrogen and oxygen atoms in total. The second kappa shape index (κ2) is 11.6. The number of nitriles is 1. The van der Waals surface area contributed by atoms with E-state index >= 15 is 0 Å². The fraction of sp³-hybridized carbons (Fsp3) is 0.448. The molecule has 3 fully saturated rings. The minimum absolute atomic E-state index is 0.102. The van der Waals surface area contributed by atoms with Crippen molar-refractivity contribution in [1.82, 2.24) is 25.2 Å². The Balaban J connectivity index is 1.15. The third-order valence-corrected chi connectivity index (χ3v) is 8.00. The summed E-state index contributed by atoms with van der Waals surface area (Å²) >= 11 is 0. The number of hydrogen-bond donors (Lipinski definition) is 3. The normalized spacial score (nSPS) is 22.7. The number of aromatic nitrogens is 3. The van der Waals surface area contributed by atoms with Crippen LogP contribution in [0.25, 0.3) is 11.3 Å². The zero-order valence-electron chi connectivity index (χ0n) is 23.1. The van der Waals surface area contributed by atoms with Crippen molar-refractivity contribution >= 4 is 17.3 Å². The number of rotatable bonds is 7. The average molecular weight is 579 g/mol. The Kier molecular flexibility index (Phi) is 7.76. The Bertz CT molecular complexity index is 1540. The average Bonchev–Trinajstić information content (AvgIpc) is 2.94. The lowest BCUT2D eigenvalue weighted by Crippen LogP contribution is -2.60. The van der Waals surface area contributed by atoms with Gasteiger partial charge in [-0.05, 0) is 43.8 Å². The van der Waals surface area contributed by atoms with Gasteiger partial charge in [-0.1, -0.05) is 0 Å². The maximum Gasteiger partial charge on any atom is 0.296 e. The number of nitrogens with one attached hydrogen (secondary N) is 3. The fourth-order valence-electron chi connectivity index (χ4n) is 5.59. The summed E-state index contributed by atoms with van der Waals surface area (Å²) in [6.45, 7) is 6.15. The summed E-state index contributed by atoms with van der Waals surface area (Å²) in [5.74, 6) is -2.03. The van der Waals surface area contributed by atoms with E-state index in [4.69, 9.17) is 9.47 Å². The van der Waals surface area contributed by atoms with Crippen LogP contribution in [0.15, 0.2) is 47.5 Å². The van der Waals surface area contributed by atoms with Gasteiger partial charge in [0.2, 0.25) is 0 Å². The van der Waals surface area contributed by atoms with Gasteiger partial charge >= 0.3 is 0 Å². The molecule has 1 aromatic carbocycles.